The van der Waals surface area contributed by atoms with Crippen LogP contribution >= 0.6 is 0 Å². The molecule has 0 aliphatic heterocycles. The number of hydrogen-bond donors (Lipinski definition) is 1. The minimum Gasteiger partial charge on any atom is -0.198 e. The second-order valence-corrected chi connectivity index (χ2v) is 2.40. The molecule has 0 atom stereocenters. The summed E-state index contributed by atoms with van der Waals surface area (Å²) in [5.41, 5.74) is 0. The summed E-state index contributed by atoms with van der Waals surface area (Å²) in [5.74, 6) is 0. The van der Waals surface area contributed by atoms with E-state index in [4.69, 9.17) is 5.26 Å². The molecule has 0 radical (unpaired) electrons. The van der Waals surface area contributed by atoms with Crippen molar-refractivity contribution in [2.75, 3.05) is 6.54 Å². The van der Waals surface area contributed by atoms with Gasteiger partial charge in [0.25, 0.3) is 0 Å². The Hall–Kier alpha value is -0.670. The van der Waals surface area contributed by atoms with Gasteiger partial charge in [0.05, 0.1) is 6.07 Å². The van der Waals surface area contributed by atoms with Crippen molar-refractivity contribution in [1.82, 2.24) is 4.72 Å². The Kier molecular flexibility index (Phi) is 3.12. The van der Waals surface area contributed by atoms with Gasteiger partial charge in [-0.2, -0.15) is 18.4 Å². The summed E-state index contributed by atoms with van der Waals surface area (Å²) < 4.78 is 32.2. The maximum atomic E-state index is 11.5. The molecule has 0 aromatic carbocycles. The first kappa shape index (κ1) is 8.33. The molecule has 52 valence electrons. The molecule has 1 N–H and O–H groups in total. The largest absolute Gasteiger partial charge is 0.372 e. The van der Waals surface area contributed by atoms with Crippen LogP contribution in [0.5, 0.6) is 0 Å². The van der Waals surface area contributed by atoms with Crippen molar-refractivity contribution in [3.63, 3.8) is 0 Å². The van der Waals surface area contributed by atoms with Gasteiger partial charge in [-0.3, -0.25) is 0 Å². The summed E-state index contributed by atoms with van der Waals surface area (Å²) in [4.78, 5) is 0. The topological polar surface area (TPSA) is 70.0 Å². The van der Waals surface area contributed by atoms with Gasteiger partial charge in [0.2, 0.25) is 0 Å². The molecular weight excluding hydrogens is 147 g/mol. The molecule has 0 fully saturated rings. The van der Waals surface area contributed by atoms with E-state index in [0.717, 1.165) is 0 Å². The van der Waals surface area contributed by atoms with Gasteiger partial charge in [-0.15, -0.1) is 0 Å². The smallest absolute Gasteiger partial charge is 0.198 e. The summed E-state index contributed by atoms with van der Waals surface area (Å²) in [6.45, 7) is -0.171. The van der Waals surface area contributed by atoms with Crippen LogP contribution in [0.1, 0.15) is 6.42 Å². The third kappa shape index (κ3) is 7.33. The SMILES string of the molecule is N#CCCNS(=O)(=O)F. The zero-order valence-electron chi connectivity index (χ0n) is 4.46. The zero-order valence-corrected chi connectivity index (χ0v) is 5.28. The van der Waals surface area contributed by atoms with Crippen LogP contribution in [0.25, 0.3) is 0 Å². The molecule has 0 spiro atoms. The normalized spacial score (nSPS) is 10.7. The molecule has 0 aromatic heterocycles. The highest BCUT2D eigenvalue weighted by Crippen LogP contribution is 1.82. The molecule has 4 nitrogen and oxygen atoms in total. The molecular formula is C3H5FN2O2S. The van der Waals surface area contributed by atoms with E-state index >= 15 is 0 Å². The van der Waals surface area contributed by atoms with Gasteiger partial charge in [0.1, 0.15) is 0 Å². The van der Waals surface area contributed by atoms with Gasteiger partial charge in [-0.1, -0.05) is 3.89 Å². The number of nitriles is 1. The Morgan fingerprint density at radius 1 is 1.67 bits per heavy atom. The van der Waals surface area contributed by atoms with Gasteiger partial charge < -0.3 is 0 Å². The maximum Gasteiger partial charge on any atom is 0.372 e. The van der Waals surface area contributed by atoms with Crippen molar-refractivity contribution in [1.29, 1.82) is 5.26 Å². The molecule has 0 saturated carbocycles. The first-order valence-corrected chi connectivity index (χ1v) is 3.51. The van der Waals surface area contributed by atoms with Gasteiger partial charge >= 0.3 is 10.4 Å². The molecule has 0 heterocycles. The van der Waals surface area contributed by atoms with E-state index in [0.29, 0.717) is 0 Å². The zero-order chi connectivity index (χ0) is 7.33. The Morgan fingerprint density at radius 2 is 2.22 bits per heavy atom. The van der Waals surface area contributed by atoms with Crippen LogP contribution in [0.4, 0.5) is 3.89 Å². The summed E-state index contributed by atoms with van der Waals surface area (Å²) in [5, 5.41) is 7.86. The monoisotopic (exact) mass is 152 g/mol. The van der Waals surface area contributed by atoms with Crippen LogP contribution in [0, 0.1) is 11.3 Å². The number of rotatable bonds is 3. The van der Waals surface area contributed by atoms with Gasteiger partial charge in [0, 0.05) is 13.0 Å². The lowest BCUT2D eigenvalue weighted by atomic mass is 10.5. The van der Waals surface area contributed by atoms with Gasteiger partial charge in [0.15, 0.2) is 0 Å². The predicted molar refractivity (Wildman–Crippen MR) is 28.3 cm³/mol. The Bertz CT molecular complexity index is 204. The maximum absolute atomic E-state index is 11.5. The second-order valence-electron chi connectivity index (χ2n) is 1.24. The number of nitrogens with one attached hydrogen (secondary N) is 1. The molecule has 0 aromatic rings. The minimum absolute atomic E-state index is 0.0247. The Morgan fingerprint density at radius 3 is 2.56 bits per heavy atom. The predicted octanol–water partition coefficient (Wildman–Crippen LogP) is -0.296. The Balaban J connectivity index is 3.44. The van der Waals surface area contributed by atoms with E-state index in [1.807, 2.05) is 0 Å². The highest BCUT2D eigenvalue weighted by Gasteiger charge is 2.02. The standard InChI is InChI=1S/C3H5FN2O2S/c4-9(7,8)6-3-1-2-5/h6H,1,3H2. The fourth-order valence-corrected chi connectivity index (χ4v) is 0.575. The van der Waals surface area contributed by atoms with E-state index in [2.05, 4.69) is 0 Å². The number of hydrogen-bond acceptors (Lipinski definition) is 3. The van der Waals surface area contributed by atoms with E-state index in [1.165, 1.54) is 4.72 Å². The van der Waals surface area contributed by atoms with E-state index < -0.39 is 10.4 Å². The van der Waals surface area contributed by atoms with Crippen molar-refractivity contribution in [3.05, 3.63) is 0 Å². The molecule has 0 aliphatic carbocycles. The Labute approximate surface area is 52.6 Å². The molecule has 0 amide bonds. The quantitative estimate of drug-likeness (QED) is 0.446. The van der Waals surface area contributed by atoms with Crippen LogP contribution in [-0.4, -0.2) is 15.0 Å². The van der Waals surface area contributed by atoms with Crippen molar-refractivity contribution in [2.45, 2.75) is 6.42 Å². The van der Waals surface area contributed by atoms with Crippen LogP contribution < -0.4 is 4.72 Å². The van der Waals surface area contributed by atoms with E-state index in [9.17, 15) is 12.3 Å². The van der Waals surface area contributed by atoms with Crippen molar-refractivity contribution < 1.29 is 12.3 Å². The van der Waals surface area contributed by atoms with Crippen molar-refractivity contribution in [2.24, 2.45) is 0 Å². The third-order valence-corrected chi connectivity index (χ3v) is 1.06. The molecule has 9 heavy (non-hydrogen) atoms. The first-order chi connectivity index (χ1) is 4.06. The van der Waals surface area contributed by atoms with Crippen LogP contribution in [-0.2, 0) is 10.4 Å². The van der Waals surface area contributed by atoms with Crippen molar-refractivity contribution >= 4 is 10.4 Å². The lowest BCUT2D eigenvalue weighted by Crippen LogP contribution is -2.19. The summed E-state index contributed by atoms with van der Waals surface area (Å²) in [7, 11) is -4.60. The molecule has 0 saturated heterocycles. The fourth-order valence-electron chi connectivity index (χ4n) is 0.229. The molecule has 0 aliphatic rings. The second kappa shape index (κ2) is 3.37. The third-order valence-electron chi connectivity index (χ3n) is 0.511. The highest BCUT2D eigenvalue weighted by atomic mass is 32.3. The van der Waals surface area contributed by atoms with Gasteiger partial charge in [-0.25, -0.2) is 0 Å². The van der Waals surface area contributed by atoms with Crippen LogP contribution in [0.2, 0.25) is 0 Å². The molecule has 0 rings (SSSR count). The summed E-state index contributed by atoms with van der Waals surface area (Å²) >= 11 is 0. The average Bonchev–Trinajstić information content (AvgIpc) is 1.63. The van der Waals surface area contributed by atoms with Crippen molar-refractivity contribution in [3.8, 4) is 6.07 Å². The lowest BCUT2D eigenvalue weighted by Gasteiger charge is -1.90. The average molecular weight is 152 g/mol. The number of nitrogens with zero attached hydrogens (tertiary/aromatic N) is 1. The lowest BCUT2D eigenvalue weighted by molar-refractivity contribution is 0.536. The first-order valence-electron chi connectivity index (χ1n) is 2.12. The van der Waals surface area contributed by atoms with Gasteiger partial charge in [-0.05, 0) is 0 Å². The number of halogens is 1. The molecule has 0 bridgehead atoms. The summed E-state index contributed by atoms with van der Waals surface area (Å²) in [6.07, 6.45) is -0.0247. The van der Waals surface area contributed by atoms with E-state index in [-0.39, 0.29) is 13.0 Å². The van der Waals surface area contributed by atoms with Crippen LogP contribution in [0.3, 0.4) is 0 Å². The van der Waals surface area contributed by atoms with E-state index in [1.54, 1.807) is 6.07 Å². The minimum atomic E-state index is -4.60. The summed E-state index contributed by atoms with van der Waals surface area (Å²) in [6, 6.07) is 1.65. The molecule has 0 unspecified atom stereocenters. The fraction of sp³-hybridized carbons (Fsp3) is 0.667. The van der Waals surface area contributed by atoms with Crippen LogP contribution in [0.15, 0.2) is 0 Å². The molecule has 6 heteroatoms. The highest BCUT2D eigenvalue weighted by molar-refractivity contribution is 7.84.